The average molecular weight is 364 g/mol. The minimum absolute atomic E-state index is 0.203. The Labute approximate surface area is 154 Å². The molecule has 2 aromatic heterocycles. The molecule has 1 atom stereocenters. The van der Waals surface area contributed by atoms with Crippen molar-refractivity contribution in [2.45, 2.75) is 13.0 Å². The van der Waals surface area contributed by atoms with E-state index in [0.29, 0.717) is 11.3 Å². The third-order valence-corrected chi connectivity index (χ3v) is 4.07. The third kappa shape index (κ3) is 3.24. The standard InChI is InChI=1S/C19H16N4O4/c1-11(26-19(24)16-14-5-3-4-6-15(14)20-21-16)17-22-23-18(27-17)12-7-9-13(25-2)10-8-12/h3-11H,1-2H3,(H,20,21)/t11-/m1/s1. The summed E-state index contributed by atoms with van der Waals surface area (Å²) >= 11 is 0. The molecule has 0 saturated carbocycles. The number of para-hydroxylation sites is 1. The Balaban J connectivity index is 1.50. The van der Waals surface area contributed by atoms with Crippen molar-refractivity contribution >= 4 is 16.9 Å². The number of esters is 1. The van der Waals surface area contributed by atoms with Gasteiger partial charge in [0.15, 0.2) is 11.8 Å². The van der Waals surface area contributed by atoms with Crippen molar-refractivity contribution in [1.82, 2.24) is 20.4 Å². The molecule has 0 bridgehead atoms. The van der Waals surface area contributed by atoms with Crippen LogP contribution in [0.2, 0.25) is 0 Å². The van der Waals surface area contributed by atoms with Gasteiger partial charge in [0.1, 0.15) is 5.75 Å². The highest BCUT2D eigenvalue weighted by molar-refractivity contribution is 6.01. The summed E-state index contributed by atoms with van der Waals surface area (Å²) in [6, 6.07) is 14.5. The van der Waals surface area contributed by atoms with Crippen LogP contribution in [-0.4, -0.2) is 33.5 Å². The molecular formula is C19H16N4O4. The van der Waals surface area contributed by atoms with Gasteiger partial charge in [0, 0.05) is 10.9 Å². The number of aromatic nitrogens is 4. The van der Waals surface area contributed by atoms with E-state index in [1.54, 1.807) is 32.2 Å². The Morgan fingerprint density at radius 3 is 2.67 bits per heavy atom. The first kappa shape index (κ1) is 16.8. The normalized spacial score (nSPS) is 12.1. The molecule has 0 unspecified atom stereocenters. The van der Waals surface area contributed by atoms with Crippen molar-refractivity contribution in [2.75, 3.05) is 7.11 Å². The fourth-order valence-electron chi connectivity index (χ4n) is 2.63. The summed E-state index contributed by atoms with van der Waals surface area (Å²) in [5.41, 5.74) is 1.72. The lowest BCUT2D eigenvalue weighted by Crippen LogP contribution is -2.10. The Morgan fingerprint density at radius 1 is 1.11 bits per heavy atom. The predicted molar refractivity (Wildman–Crippen MR) is 96.2 cm³/mol. The van der Waals surface area contributed by atoms with Crippen molar-refractivity contribution in [1.29, 1.82) is 0 Å². The van der Waals surface area contributed by atoms with E-state index < -0.39 is 12.1 Å². The fourth-order valence-corrected chi connectivity index (χ4v) is 2.63. The Morgan fingerprint density at radius 2 is 1.89 bits per heavy atom. The molecule has 136 valence electrons. The number of fused-ring (bicyclic) bond motifs is 1. The van der Waals surface area contributed by atoms with Crippen LogP contribution in [0.3, 0.4) is 0 Å². The number of carbonyl (C=O) groups excluding carboxylic acids is 1. The maximum atomic E-state index is 12.4. The van der Waals surface area contributed by atoms with Crippen LogP contribution >= 0.6 is 0 Å². The molecule has 0 saturated heterocycles. The van der Waals surface area contributed by atoms with Gasteiger partial charge >= 0.3 is 5.97 Å². The number of rotatable bonds is 5. The molecule has 4 aromatic rings. The predicted octanol–water partition coefficient (Wildman–Crippen LogP) is 3.54. The largest absolute Gasteiger partial charge is 0.497 e. The van der Waals surface area contributed by atoms with Crippen molar-refractivity contribution in [3.63, 3.8) is 0 Å². The highest BCUT2D eigenvalue weighted by atomic mass is 16.6. The zero-order chi connectivity index (χ0) is 18.8. The van der Waals surface area contributed by atoms with Gasteiger partial charge in [-0.3, -0.25) is 5.10 Å². The van der Waals surface area contributed by atoms with Gasteiger partial charge in [-0.05, 0) is 37.3 Å². The van der Waals surface area contributed by atoms with Gasteiger partial charge in [-0.2, -0.15) is 5.10 Å². The smallest absolute Gasteiger partial charge is 0.360 e. The number of H-pyrrole nitrogens is 1. The molecule has 0 aliphatic carbocycles. The summed E-state index contributed by atoms with van der Waals surface area (Å²) in [5, 5.41) is 15.5. The van der Waals surface area contributed by atoms with E-state index in [-0.39, 0.29) is 11.6 Å². The van der Waals surface area contributed by atoms with Gasteiger partial charge in [-0.1, -0.05) is 18.2 Å². The number of aromatic amines is 1. The maximum Gasteiger partial charge on any atom is 0.360 e. The molecule has 4 rings (SSSR count). The van der Waals surface area contributed by atoms with Gasteiger partial charge in [-0.15, -0.1) is 10.2 Å². The van der Waals surface area contributed by atoms with Crippen LogP contribution in [0.4, 0.5) is 0 Å². The van der Waals surface area contributed by atoms with Gasteiger partial charge in [0.2, 0.25) is 5.89 Å². The molecule has 27 heavy (non-hydrogen) atoms. The maximum absolute atomic E-state index is 12.4. The molecule has 8 nitrogen and oxygen atoms in total. The first-order valence-electron chi connectivity index (χ1n) is 8.27. The van der Waals surface area contributed by atoms with E-state index in [1.165, 1.54) is 0 Å². The fraction of sp³-hybridized carbons (Fsp3) is 0.158. The van der Waals surface area contributed by atoms with E-state index in [0.717, 1.165) is 16.8 Å². The van der Waals surface area contributed by atoms with Gasteiger partial charge < -0.3 is 13.9 Å². The molecule has 2 heterocycles. The monoisotopic (exact) mass is 364 g/mol. The lowest BCUT2D eigenvalue weighted by molar-refractivity contribution is 0.0275. The van der Waals surface area contributed by atoms with Crippen molar-refractivity contribution in [3.8, 4) is 17.2 Å². The van der Waals surface area contributed by atoms with Crippen LogP contribution < -0.4 is 4.74 Å². The van der Waals surface area contributed by atoms with E-state index in [1.807, 2.05) is 30.3 Å². The number of nitrogens with zero attached hydrogens (tertiary/aromatic N) is 3. The first-order chi connectivity index (χ1) is 13.2. The molecule has 0 aliphatic rings. The summed E-state index contributed by atoms with van der Waals surface area (Å²) in [6.07, 6.45) is -0.715. The Kier molecular flexibility index (Phi) is 4.29. The number of ether oxygens (including phenoxy) is 2. The van der Waals surface area contributed by atoms with Crippen molar-refractivity contribution < 1.29 is 18.7 Å². The molecule has 0 amide bonds. The molecule has 1 N–H and O–H groups in total. The van der Waals surface area contributed by atoms with E-state index in [4.69, 9.17) is 13.9 Å². The summed E-state index contributed by atoms with van der Waals surface area (Å²) in [5.74, 6) is 0.700. The van der Waals surface area contributed by atoms with Crippen LogP contribution in [0, 0.1) is 0 Å². The summed E-state index contributed by atoms with van der Waals surface area (Å²) in [7, 11) is 1.60. The molecule has 0 radical (unpaired) electrons. The lowest BCUT2D eigenvalue weighted by Gasteiger charge is -2.08. The highest BCUT2D eigenvalue weighted by Crippen LogP contribution is 2.25. The van der Waals surface area contributed by atoms with Crippen molar-refractivity contribution in [2.24, 2.45) is 0 Å². The number of nitrogens with one attached hydrogen (secondary N) is 1. The summed E-state index contributed by atoms with van der Waals surface area (Å²) < 4.78 is 16.2. The van der Waals surface area contributed by atoms with Crippen LogP contribution in [0.15, 0.2) is 52.9 Å². The average Bonchev–Trinajstić information content (AvgIpc) is 3.35. The number of carbonyl (C=O) groups is 1. The van der Waals surface area contributed by atoms with Gasteiger partial charge in [0.05, 0.1) is 12.6 Å². The quantitative estimate of drug-likeness (QED) is 0.540. The number of methoxy groups -OCH3 is 1. The van der Waals surface area contributed by atoms with Crippen LogP contribution in [0.5, 0.6) is 5.75 Å². The summed E-state index contributed by atoms with van der Waals surface area (Å²) in [6.45, 7) is 1.66. The zero-order valence-electron chi connectivity index (χ0n) is 14.7. The number of hydrogen-bond donors (Lipinski definition) is 1. The second-order valence-corrected chi connectivity index (χ2v) is 5.84. The van der Waals surface area contributed by atoms with E-state index >= 15 is 0 Å². The molecular weight excluding hydrogens is 348 g/mol. The van der Waals surface area contributed by atoms with Crippen molar-refractivity contribution in [3.05, 3.63) is 60.1 Å². The molecule has 2 aromatic carbocycles. The minimum atomic E-state index is -0.715. The Bertz CT molecular complexity index is 1080. The first-order valence-corrected chi connectivity index (χ1v) is 8.27. The van der Waals surface area contributed by atoms with Crippen LogP contribution in [0.25, 0.3) is 22.4 Å². The number of benzene rings is 2. The summed E-state index contributed by atoms with van der Waals surface area (Å²) in [4.78, 5) is 12.4. The third-order valence-electron chi connectivity index (χ3n) is 4.07. The minimum Gasteiger partial charge on any atom is -0.497 e. The second-order valence-electron chi connectivity index (χ2n) is 5.84. The van der Waals surface area contributed by atoms with E-state index in [2.05, 4.69) is 20.4 Å². The lowest BCUT2D eigenvalue weighted by atomic mass is 10.2. The highest BCUT2D eigenvalue weighted by Gasteiger charge is 2.22. The SMILES string of the molecule is COc1ccc(-c2nnc([C@@H](C)OC(=O)c3n[nH]c4ccccc34)o2)cc1. The van der Waals surface area contributed by atoms with Gasteiger partial charge in [-0.25, -0.2) is 4.79 Å². The topological polar surface area (TPSA) is 103 Å². The molecule has 0 fully saturated rings. The van der Waals surface area contributed by atoms with Crippen LogP contribution in [0.1, 0.15) is 29.4 Å². The van der Waals surface area contributed by atoms with Crippen LogP contribution in [-0.2, 0) is 4.74 Å². The molecule has 8 heteroatoms. The second kappa shape index (κ2) is 6.91. The molecule has 0 aliphatic heterocycles. The van der Waals surface area contributed by atoms with E-state index in [9.17, 15) is 4.79 Å². The number of hydrogen-bond acceptors (Lipinski definition) is 7. The molecule has 0 spiro atoms. The Hall–Kier alpha value is -3.68. The zero-order valence-corrected chi connectivity index (χ0v) is 14.7. The van der Waals surface area contributed by atoms with Gasteiger partial charge in [0.25, 0.3) is 5.89 Å².